The first-order valence-corrected chi connectivity index (χ1v) is 8.09. The van der Waals surface area contributed by atoms with Crippen LogP contribution < -0.4 is 5.32 Å². The third-order valence-electron chi connectivity index (χ3n) is 4.16. The molecule has 1 aliphatic rings. The zero-order valence-electron chi connectivity index (χ0n) is 13.4. The lowest BCUT2D eigenvalue weighted by Crippen LogP contribution is -2.43. The number of carbonyl (C=O) groups excluding carboxylic acids is 2. The molecule has 0 unspecified atom stereocenters. The second kappa shape index (κ2) is 6.24. The maximum absolute atomic E-state index is 13.0. The van der Waals surface area contributed by atoms with Gasteiger partial charge in [0.2, 0.25) is 5.89 Å². The predicted molar refractivity (Wildman–Crippen MR) is 86.2 cm³/mol. The summed E-state index contributed by atoms with van der Waals surface area (Å²) in [6.45, 7) is 3.69. The largest absolute Gasteiger partial charge is 0.337 e. The van der Waals surface area contributed by atoms with E-state index in [1.54, 1.807) is 24.3 Å². The quantitative estimate of drug-likeness (QED) is 0.839. The van der Waals surface area contributed by atoms with Crippen LogP contribution in [0.3, 0.4) is 0 Å². The van der Waals surface area contributed by atoms with Crippen molar-refractivity contribution < 1.29 is 14.1 Å². The Morgan fingerprint density at radius 2 is 1.96 bits per heavy atom. The molecule has 1 aliphatic heterocycles. The van der Waals surface area contributed by atoms with Crippen LogP contribution in [0.1, 0.15) is 37.5 Å². The van der Waals surface area contributed by atoms with Crippen molar-refractivity contribution in [1.29, 1.82) is 0 Å². The van der Waals surface area contributed by atoms with E-state index in [9.17, 15) is 9.59 Å². The Labute approximate surface area is 144 Å². The first-order valence-electron chi connectivity index (χ1n) is 7.71. The van der Waals surface area contributed by atoms with Gasteiger partial charge in [-0.15, -0.1) is 0 Å². The Hall–Kier alpha value is -2.41. The molecule has 0 radical (unpaired) electrons. The van der Waals surface area contributed by atoms with E-state index in [-0.39, 0.29) is 18.3 Å². The van der Waals surface area contributed by atoms with Crippen molar-refractivity contribution in [2.45, 2.75) is 38.8 Å². The van der Waals surface area contributed by atoms with Crippen LogP contribution in [0.25, 0.3) is 0 Å². The number of urea groups is 1. The maximum atomic E-state index is 13.0. The molecule has 1 saturated heterocycles. The highest BCUT2D eigenvalue weighted by molar-refractivity contribution is 6.30. The van der Waals surface area contributed by atoms with Crippen LogP contribution in [0, 0.1) is 0 Å². The molecule has 2 aromatic rings. The molecule has 126 valence electrons. The van der Waals surface area contributed by atoms with E-state index in [1.807, 2.05) is 13.8 Å². The SMILES string of the molecule is CCc1noc(CN2C(=O)N[C@](CC)(c3ccc(Cl)cc3)C2=O)n1. The van der Waals surface area contributed by atoms with Gasteiger partial charge in [-0.25, -0.2) is 4.79 Å². The molecule has 1 aromatic carbocycles. The lowest BCUT2D eigenvalue weighted by Gasteiger charge is -2.25. The van der Waals surface area contributed by atoms with Crippen LogP contribution in [0.5, 0.6) is 0 Å². The number of hydrogen-bond donors (Lipinski definition) is 1. The van der Waals surface area contributed by atoms with Crippen LogP contribution in [-0.4, -0.2) is 27.0 Å². The van der Waals surface area contributed by atoms with Crippen LogP contribution >= 0.6 is 11.6 Å². The van der Waals surface area contributed by atoms with E-state index >= 15 is 0 Å². The predicted octanol–water partition coefficient (Wildman–Crippen LogP) is 2.64. The van der Waals surface area contributed by atoms with Gasteiger partial charge in [-0.3, -0.25) is 9.69 Å². The molecular formula is C16H17ClN4O3. The van der Waals surface area contributed by atoms with Gasteiger partial charge in [0, 0.05) is 11.4 Å². The van der Waals surface area contributed by atoms with Crippen molar-refractivity contribution in [3.8, 4) is 0 Å². The highest BCUT2D eigenvalue weighted by Crippen LogP contribution is 2.33. The number of nitrogens with one attached hydrogen (secondary N) is 1. The highest BCUT2D eigenvalue weighted by Gasteiger charge is 2.51. The molecule has 7 nitrogen and oxygen atoms in total. The van der Waals surface area contributed by atoms with Gasteiger partial charge in [0.25, 0.3) is 5.91 Å². The lowest BCUT2D eigenvalue weighted by atomic mass is 9.87. The first kappa shape index (κ1) is 16.4. The Morgan fingerprint density at radius 1 is 1.25 bits per heavy atom. The number of carbonyl (C=O) groups is 2. The molecule has 24 heavy (non-hydrogen) atoms. The highest BCUT2D eigenvalue weighted by atomic mass is 35.5. The van der Waals surface area contributed by atoms with Crippen molar-refractivity contribution >= 4 is 23.5 Å². The van der Waals surface area contributed by atoms with Gasteiger partial charge in [-0.2, -0.15) is 4.98 Å². The Kier molecular flexibility index (Phi) is 4.28. The lowest BCUT2D eigenvalue weighted by molar-refractivity contribution is -0.132. The molecule has 1 N–H and O–H groups in total. The van der Waals surface area contributed by atoms with Crippen LogP contribution in [-0.2, 0) is 23.3 Å². The monoisotopic (exact) mass is 348 g/mol. The summed E-state index contributed by atoms with van der Waals surface area (Å²) in [4.78, 5) is 30.6. The molecule has 1 fully saturated rings. The average Bonchev–Trinajstić information content (AvgIpc) is 3.14. The van der Waals surface area contributed by atoms with Gasteiger partial charge in [0.05, 0.1) is 0 Å². The van der Waals surface area contributed by atoms with Gasteiger partial charge >= 0.3 is 6.03 Å². The molecular weight excluding hydrogens is 332 g/mol. The van der Waals surface area contributed by atoms with Crippen LogP contribution in [0.4, 0.5) is 4.79 Å². The number of rotatable bonds is 5. The van der Waals surface area contributed by atoms with Crippen molar-refractivity contribution in [3.63, 3.8) is 0 Å². The summed E-state index contributed by atoms with van der Waals surface area (Å²) in [5.41, 5.74) is -0.412. The van der Waals surface area contributed by atoms with Crippen molar-refractivity contribution in [1.82, 2.24) is 20.4 Å². The fourth-order valence-corrected chi connectivity index (χ4v) is 2.90. The number of nitrogens with zero attached hydrogens (tertiary/aromatic N) is 3. The summed E-state index contributed by atoms with van der Waals surface area (Å²) in [5.74, 6) is 0.434. The molecule has 2 heterocycles. The standard InChI is InChI=1S/C16H17ClN4O3/c1-3-12-18-13(24-20-12)9-21-14(22)16(4-2,19-15(21)23)10-5-7-11(17)8-6-10/h5-8H,3-4,9H2,1-2H3,(H,19,23)/t16-/m1/s1. The smallest absolute Gasteiger partial charge is 0.325 e. The molecule has 3 amide bonds. The second-order valence-corrected chi connectivity index (χ2v) is 5.98. The maximum Gasteiger partial charge on any atom is 0.325 e. The van der Waals surface area contributed by atoms with Gasteiger partial charge < -0.3 is 9.84 Å². The van der Waals surface area contributed by atoms with E-state index in [1.165, 1.54) is 0 Å². The summed E-state index contributed by atoms with van der Waals surface area (Å²) >= 11 is 5.91. The van der Waals surface area contributed by atoms with E-state index in [4.69, 9.17) is 16.1 Å². The fourth-order valence-electron chi connectivity index (χ4n) is 2.78. The van der Waals surface area contributed by atoms with Crippen molar-refractivity contribution in [3.05, 3.63) is 46.6 Å². The third-order valence-corrected chi connectivity index (χ3v) is 4.41. The molecule has 8 heteroatoms. The molecule has 0 aliphatic carbocycles. The first-order chi connectivity index (χ1) is 11.5. The Bertz CT molecular complexity index is 774. The summed E-state index contributed by atoms with van der Waals surface area (Å²) < 4.78 is 5.08. The summed E-state index contributed by atoms with van der Waals surface area (Å²) in [6, 6.07) is 6.40. The van der Waals surface area contributed by atoms with Crippen LogP contribution in [0.15, 0.2) is 28.8 Å². The number of aromatic nitrogens is 2. The zero-order valence-corrected chi connectivity index (χ0v) is 14.1. The minimum atomic E-state index is -1.10. The van der Waals surface area contributed by atoms with Crippen molar-refractivity contribution in [2.75, 3.05) is 0 Å². The molecule has 0 saturated carbocycles. The number of amides is 3. The minimum absolute atomic E-state index is 0.0486. The number of benzene rings is 1. The van der Waals surface area contributed by atoms with Crippen LogP contribution in [0.2, 0.25) is 5.02 Å². The van der Waals surface area contributed by atoms with E-state index in [0.717, 1.165) is 4.90 Å². The third kappa shape index (κ3) is 2.65. The number of halogens is 1. The van der Waals surface area contributed by atoms with Gasteiger partial charge in [-0.1, -0.05) is 42.7 Å². The minimum Gasteiger partial charge on any atom is -0.337 e. The van der Waals surface area contributed by atoms with Gasteiger partial charge in [0.15, 0.2) is 5.82 Å². The summed E-state index contributed by atoms with van der Waals surface area (Å²) in [6.07, 6.45) is 1.03. The second-order valence-electron chi connectivity index (χ2n) is 5.55. The fraction of sp³-hybridized carbons (Fsp3) is 0.375. The van der Waals surface area contributed by atoms with E-state index in [0.29, 0.717) is 29.3 Å². The molecule has 0 bridgehead atoms. The molecule has 0 spiro atoms. The number of imide groups is 1. The number of hydrogen-bond acceptors (Lipinski definition) is 5. The van der Waals surface area contributed by atoms with E-state index < -0.39 is 11.6 Å². The van der Waals surface area contributed by atoms with Gasteiger partial charge in [-0.05, 0) is 24.1 Å². The normalized spacial score (nSPS) is 20.5. The molecule has 3 rings (SSSR count). The number of aryl methyl sites for hydroxylation is 1. The molecule has 1 aromatic heterocycles. The van der Waals surface area contributed by atoms with E-state index in [2.05, 4.69) is 15.5 Å². The Balaban J connectivity index is 1.90. The summed E-state index contributed by atoms with van der Waals surface area (Å²) in [5, 5.41) is 7.15. The van der Waals surface area contributed by atoms with Crippen molar-refractivity contribution in [2.24, 2.45) is 0 Å². The summed E-state index contributed by atoms with van der Waals surface area (Å²) in [7, 11) is 0. The molecule has 1 atom stereocenters. The van der Waals surface area contributed by atoms with Gasteiger partial charge in [0.1, 0.15) is 12.1 Å². The zero-order chi connectivity index (χ0) is 17.3. The average molecular weight is 349 g/mol. The topological polar surface area (TPSA) is 88.3 Å². The Morgan fingerprint density at radius 3 is 2.54 bits per heavy atom.